The second-order valence-corrected chi connectivity index (χ2v) is 7.92. The lowest BCUT2D eigenvalue weighted by molar-refractivity contribution is -0.125. The van der Waals surface area contributed by atoms with Crippen LogP contribution in [0.2, 0.25) is 0 Å². The SMILES string of the molecule is C=CCNC(=O)[C@H]1CCCN(S(=O)(=O)c2ccc(-n3cnnn3)cc2)C1. The van der Waals surface area contributed by atoms with Crippen LogP contribution < -0.4 is 5.32 Å². The van der Waals surface area contributed by atoms with Gasteiger partial charge in [0.1, 0.15) is 6.33 Å². The van der Waals surface area contributed by atoms with Crippen molar-refractivity contribution in [3.63, 3.8) is 0 Å². The van der Waals surface area contributed by atoms with Gasteiger partial charge in [0.25, 0.3) is 0 Å². The third-order valence-corrected chi connectivity index (χ3v) is 6.14. The molecule has 0 radical (unpaired) electrons. The number of piperidine rings is 1. The van der Waals surface area contributed by atoms with E-state index in [1.807, 2.05) is 0 Å². The number of nitrogens with zero attached hydrogens (tertiary/aromatic N) is 5. The van der Waals surface area contributed by atoms with E-state index in [0.717, 1.165) is 0 Å². The first-order valence-corrected chi connectivity index (χ1v) is 9.68. The Morgan fingerprint density at radius 2 is 2.12 bits per heavy atom. The van der Waals surface area contributed by atoms with Crippen molar-refractivity contribution < 1.29 is 13.2 Å². The molecule has 1 aromatic carbocycles. The van der Waals surface area contributed by atoms with Gasteiger partial charge in [-0.2, -0.15) is 4.31 Å². The van der Waals surface area contributed by atoms with E-state index in [4.69, 9.17) is 0 Å². The van der Waals surface area contributed by atoms with Gasteiger partial charge in [-0.15, -0.1) is 11.7 Å². The van der Waals surface area contributed by atoms with Crippen LogP contribution in [0.5, 0.6) is 0 Å². The molecule has 1 fully saturated rings. The van der Waals surface area contributed by atoms with Crippen LogP contribution in [-0.2, 0) is 14.8 Å². The average molecular weight is 376 g/mol. The fourth-order valence-corrected chi connectivity index (χ4v) is 4.42. The first-order valence-electron chi connectivity index (χ1n) is 8.24. The lowest BCUT2D eigenvalue weighted by atomic mass is 9.99. The van der Waals surface area contributed by atoms with Crippen molar-refractivity contribution >= 4 is 15.9 Å². The molecule has 0 spiro atoms. The molecule has 1 aromatic heterocycles. The van der Waals surface area contributed by atoms with Crippen LogP contribution in [0, 0.1) is 5.92 Å². The van der Waals surface area contributed by atoms with Gasteiger partial charge >= 0.3 is 0 Å². The highest BCUT2D eigenvalue weighted by atomic mass is 32.2. The topological polar surface area (TPSA) is 110 Å². The molecule has 0 bridgehead atoms. The molecule has 2 aromatic rings. The van der Waals surface area contributed by atoms with Crippen molar-refractivity contribution in [2.75, 3.05) is 19.6 Å². The molecule has 0 unspecified atom stereocenters. The molecule has 1 aliphatic rings. The largest absolute Gasteiger partial charge is 0.352 e. The van der Waals surface area contributed by atoms with Gasteiger partial charge in [-0.1, -0.05) is 6.08 Å². The molecule has 1 N–H and O–H groups in total. The molecule has 138 valence electrons. The van der Waals surface area contributed by atoms with Gasteiger partial charge in [0.05, 0.1) is 16.5 Å². The Kier molecular flexibility index (Phi) is 5.43. The van der Waals surface area contributed by atoms with Crippen molar-refractivity contribution in [2.24, 2.45) is 5.92 Å². The van der Waals surface area contributed by atoms with E-state index in [9.17, 15) is 13.2 Å². The summed E-state index contributed by atoms with van der Waals surface area (Å²) in [5.41, 5.74) is 0.661. The number of rotatable bonds is 6. The second kappa shape index (κ2) is 7.75. The second-order valence-electron chi connectivity index (χ2n) is 5.98. The summed E-state index contributed by atoms with van der Waals surface area (Å²) >= 11 is 0. The highest BCUT2D eigenvalue weighted by Gasteiger charge is 2.33. The fourth-order valence-electron chi connectivity index (χ4n) is 2.89. The van der Waals surface area contributed by atoms with Gasteiger partial charge in [-0.3, -0.25) is 4.79 Å². The van der Waals surface area contributed by atoms with E-state index in [-0.39, 0.29) is 23.3 Å². The normalized spacial score (nSPS) is 18.4. The van der Waals surface area contributed by atoms with Crippen LogP contribution in [0.4, 0.5) is 0 Å². The number of hydrogen-bond acceptors (Lipinski definition) is 6. The van der Waals surface area contributed by atoms with Gasteiger partial charge in [-0.05, 0) is 47.5 Å². The predicted molar refractivity (Wildman–Crippen MR) is 93.8 cm³/mol. The van der Waals surface area contributed by atoms with E-state index in [1.165, 1.54) is 27.4 Å². The quantitative estimate of drug-likeness (QED) is 0.729. The number of tetrazole rings is 1. The summed E-state index contributed by atoms with van der Waals surface area (Å²) in [6, 6.07) is 6.32. The monoisotopic (exact) mass is 376 g/mol. The number of carbonyl (C=O) groups is 1. The van der Waals surface area contributed by atoms with E-state index in [1.54, 1.807) is 18.2 Å². The summed E-state index contributed by atoms with van der Waals surface area (Å²) in [5.74, 6) is -0.488. The summed E-state index contributed by atoms with van der Waals surface area (Å²) in [6.07, 6.45) is 4.35. The molecular formula is C16H20N6O3S. The van der Waals surface area contributed by atoms with Crippen LogP contribution >= 0.6 is 0 Å². The Morgan fingerprint density at radius 3 is 2.77 bits per heavy atom. The van der Waals surface area contributed by atoms with Crippen molar-refractivity contribution in [3.05, 3.63) is 43.2 Å². The first kappa shape index (κ1) is 18.2. The van der Waals surface area contributed by atoms with Crippen LogP contribution in [0.25, 0.3) is 5.69 Å². The molecule has 2 heterocycles. The van der Waals surface area contributed by atoms with Crippen molar-refractivity contribution in [2.45, 2.75) is 17.7 Å². The van der Waals surface area contributed by atoms with Gasteiger partial charge in [0.15, 0.2) is 0 Å². The van der Waals surface area contributed by atoms with E-state index < -0.39 is 10.0 Å². The smallest absolute Gasteiger partial charge is 0.243 e. The number of aromatic nitrogens is 4. The van der Waals surface area contributed by atoms with Crippen LogP contribution in [0.15, 0.2) is 48.1 Å². The zero-order valence-electron chi connectivity index (χ0n) is 14.2. The third-order valence-electron chi connectivity index (χ3n) is 4.26. The van der Waals surface area contributed by atoms with Crippen LogP contribution in [0.3, 0.4) is 0 Å². The number of carbonyl (C=O) groups excluding carboxylic acids is 1. The number of hydrogen-bond donors (Lipinski definition) is 1. The summed E-state index contributed by atoms with van der Waals surface area (Å²) in [5, 5.41) is 13.6. The fraction of sp³-hybridized carbons (Fsp3) is 0.375. The van der Waals surface area contributed by atoms with Gasteiger partial charge < -0.3 is 5.32 Å². The molecule has 26 heavy (non-hydrogen) atoms. The summed E-state index contributed by atoms with van der Waals surface area (Å²) in [7, 11) is -3.66. The van der Waals surface area contributed by atoms with Crippen LogP contribution in [0.1, 0.15) is 12.8 Å². The maximum Gasteiger partial charge on any atom is 0.243 e. The molecule has 1 saturated heterocycles. The zero-order chi connectivity index (χ0) is 18.6. The summed E-state index contributed by atoms with van der Waals surface area (Å²) in [6.45, 7) is 4.52. The number of benzene rings is 1. The van der Waals surface area contributed by atoms with Gasteiger partial charge in [0.2, 0.25) is 15.9 Å². The Bertz CT molecular complexity index is 864. The highest BCUT2D eigenvalue weighted by molar-refractivity contribution is 7.89. The zero-order valence-corrected chi connectivity index (χ0v) is 15.0. The van der Waals surface area contributed by atoms with E-state index >= 15 is 0 Å². The van der Waals surface area contributed by atoms with Gasteiger partial charge in [0, 0.05) is 19.6 Å². The maximum absolute atomic E-state index is 12.9. The minimum absolute atomic E-state index is 0.140. The minimum atomic E-state index is -3.66. The molecule has 1 aliphatic heterocycles. The Hall–Kier alpha value is -2.59. The molecule has 0 saturated carbocycles. The lowest BCUT2D eigenvalue weighted by Gasteiger charge is -2.31. The molecule has 3 rings (SSSR count). The average Bonchev–Trinajstić information content (AvgIpc) is 3.21. The summed E-state index contributed by atoms with van der Waals surface area (Å²) < 4.78 is 28.6. The Balaban J connectivity index is 1.74. The first-order chi connectivity index (χ1) is 12.5. The number of nitrogens with one attached hydrogen (secondary N) is 1. The van der Waals surface area contributed by atoms with Crippen molar-refractivity contribution in [3.8, 4) is 5.69 Å². The minimum Gasteiger partial charge on any atom is -0.352 e. The molecule has 1 amide bonds. The molecule has 0 aliphatic carbocycles. The summed E-state index contributed by atoms with van der Waals surface area (Å²) in [4.78, 5) is 12.3. The Morgan fingerprint density at radius 1 is 1.35 bits per heavy atom. The number of sulfonamides is 1. The van der Waals surface area contributed by atoms with Crippen molar-refractivity contribution in [1.82, 2.24) is 29.8 Å². The van der Waals surface area contributed by atoms with E-state index in [2.05, 4.69) is 27.4 Å². The molecule has 1 atom stereocenters. The molecular weight excluding hydrogens is 356 g/mol. The maximum atomic E-state index is 12.9. The molecule has 9 nitrogen and oxygen atoms in total. The third kappa shape index (κ3) is 3.81. The van der Waals surface area contributed by atoms with Gasteiger partial charge in [-0.25, -0.2) is 13.1 Å². The van der Waals surface area contributed by atoms with Crippen LogP contribution in [-0.4, -0.2) is 58.5 Å². The number of amides is 1. The Labute approximate surface area is 151 Å². The van der Waals surface area contributed by atoms with Crippen molar-refractivity contribution in [1.29, 1.82) is 0 Å². The molecule has 10 heteroatoms. The standard InChI is InChI=1S/C16H20N6O3S/c1-2-9-17-16(23)13-4-3-10-21(11-13)26(24,25)15-7-5-14(6-8-15)22-12-18-19-20-22/h2,5-8,12-13H,1,3-4,9-11H2,(H,17,23)/t13-/m0/s1. The lowest BCUT2D eigenvalue weighted by Crippen LogP contribution is -2.45. The highest BCUT2D eigenvalue weighted by Crippen LogP contribution is 2.24. The van der Waals surface area contributed by atoms with E-state index in [0.29, 0.717) is 31.6 Å². The predicted octanol–water partition coefficient (Wildman–Crippen LogP) is 0.365.